The molecule has 0 amide bonds. The first kappa shape index (κ1) is 22.3. The lowest BCUT2D eigenvalue weighted by Gasteiger charge is -2.62. The standard InChI is InChI=1S/C27H44O5/c1-14-9-23(30)27(31-13-14)15(2)24-22(32-27)12-19-17-11-21(29)20-10-16(28)5-7-25(20,3)18(17)6-8-26(19,24)4/h14-24,28-30H,5-13H2,1-4H3/t14-,15-,16-,17+,18-,19+,20+,21-,22-,23-,24-,25+,26-,27-/m0/s1. The van der Waals surface area contributed by atoms with Gasteiger partial charge < -0.3 is 24.8 Å². The van der Waals surface area contributed by atoms with E-state index in [1.165, 1.54) is 12.8 Å². The van der Waals surface area contributed by atoms with Crippen LogP contribution in [0.15, 0.2) is 0 Å². The lowest BCUT2D eigenvalue weighted by Crippen LogP contribution is -2.59. The van der Waals surface area contributed by atoms with Crippen molar-refractivity contribution in [2.45, 2.75) is 109 Å². The predicted molar refractivity (Wildman–Crippen MR) is 121 cm³/mol. The van der Waals surface area contributed by atoms with Gasteiger partial charge in [-0.3, -0.25) is 0 Å². The highest BCUT2D eigenvalue weighted by Crippen LogP contribution is 2.71. The van der Waals surface area contributed by atoms with Gasteiger partial charge in [-0.2, -0.15) is 0 Å². The smallest absolute Gasteiger partial charge is 0.197 e. The summed E-state index contributed by atoms with van der Waals surface area (Å²) in [4.78, 5) is 0. The number of ether oxygens (including phenoxy) is 2. The van der Waals surface area contributed by atoms with Crippen LogP contribution in [0.2, 0.25) is 0 Å². The molecule has 4 aliphatic carbocycles. The molecule has 6 rings (SSSR count). The normalized spacial score (nSPS) is 64.0. The number of aliphatic hydroxyl groups is 3. The molecule has 0 aromatic rings. The van der Waals surface area contributed by atoms with Gasteiger partial charge >= 0.3 is 0 Å². The van der Waals surface area contributed by atoms with Crippen molar-refractivity contribution in [3.63, 3.8) is 0 Å². The highest BCUT2D eigenvalue weighted by Gasteiger charge is 2.71. The molecule has 32 heavy (non-hydrogen) atoms. The second-order valence-corrected chi connectivity index (χ2v) is 13.4. The highest BCUT2D eigenvalue weighted by atomic mass is 16.7. The van der Waals surface area contributed by atoms with Gasteiger partial charge in [-0.1, -0.05) is 27.7 Å². The molecule has 2 heterocycles. The van der Waals surface area contributed by atoms with E-state index in [1.807, 2.05) is 0 Å². The Morgan fingerprint density at radius 1 is 0.812 bits per heavy atom. The van der Waals surface area contributed by atoms with E-state index in [0.717, 1.165) is 38.5 Å². The van der Waals surface area contributed by atoms with E-state index in [0.29, 0.717) is 36.2 Å². The third-order valence-electron chi connectivity index (χ3n) is 11.9. The first-order chi connectivity index (χ1) is 15.1. The number of rotatable bonds is 0. The van der Waals surface area contributed by atoms with Crippen molar-refractivity contribution in [1.82, 2.24) is 0 Å². The van der Waals surface area contributed by atoms with E-state index < -0.39 is 11.9 Å². The van der Waals surface area contributed by atoms with Gasteiger partial charge in [0.25, 0.3) is 0 Å². The first-order valence-electron chi connectivity index (χ1n) is 13.5. The topological polar surface area (TPSA) is 79.2 Å². The summed E-state index contributed by atoms with van der Waals surface area (Å²) < 4.78 is 13.0. The van der Waals surface area contributed by atoms with Gasteiger partial charge in [-0.15, -0.1) is 0 Å². The summed E-state index contributed by atoms with van der Waals surface area (Å²) in [5.74, 6) is 2.12. The monoisotopic (exact) mass is 448 g/mol. The zero-order valence-electron chi connectivity index (χ0n) is 20.4. The van der Waals surface area contributed by atoms with Crippen molar-refractivity contribution >= 4 is 0 Å². The summed E-state index contributed by atoms with van der Waals surface area (Å²) >= 11 is 0. The Labute approximate surface area is 193 Å². The lowest BCUT2D eigenvalue weighted by atomic mass is 9.43. The minimum Gasteiger partial charge on any atom is -0.393 e. The second-order valence-electron chi connectivity index (χ2n) is 13.4. The van der Waals surface area contributed by atoms with Gasteiger partial charge in [0.05, 0.1) is 24.9 Å². The van der Waals surface area contributed by atoms with E-state index in [9.17, 15) is 15.3 Å². The Morgan fingerprint density at radius 3 is 2.31 bits per heavy atom. The van der Waals surface area contributed by atoms with Crippen molar-refractivity contribution < 1.29 is 24.8 Å². The quantitative estimate of drug-likeness (QED) is 0.526. The van der Waals surface area contributed by atoms with Crippen molar-refractivity contribution in [3.05, 3.63) is 0 Å². The molecular formula is C27H44O5. The Kier molecular flexibility index (Phi) is 4.99. The Morgan fingerprint density at radius 2 is 1.56 bits per heavy atom. The molecule has 6 fully saturated rings. The molecule has 4 saturated carbocycles. The summed E-state index contributed by atoms with van der Waals surface area (Å²) in [6.07, 6.45) is 6.86. The molecule has 0 aromatic carbocycles. The number of aliphatic hydroxyl groups excluding tert-OH is 3. The maximum absolute atomic E-state index is 11.2. The lowest BCUT2D eigenvalue weighted by molar-refractivity contribution is -0.316. The third-order valence-corrected chi connectivity index (χ3v) is 11.9. The van der Waals surface area contributed by atoms with Crippen LogP contribution in [-0.4, -0.2) is 52.1 Å². The zero-order chi connectivity index (χ0) is 22.6. The maximum atomic E-state index is 11.2. The van der Waals surface area contributed by atoms with Crippen molar-refractivity contribution in [3.8, 4) is 0 Å². The highest BCUT2D eigenvalue weighted by molar-refractivity contribution is 5.17. The van der Waals surface area contributed by atoms with E-state index in [1.54, 1.807) is 0 Å². The summed E-state index contributed by atoms with van der Waals surface area (Å²) in [5.41, 5.74) is 0.324. The van der Waals surface area contributed by atoms with E-state index >= 15 is 0 Å². The molecule has 5 heteroatoms. The molecule has 0 aromatic heterocycles. The predicted octanol–water partition coefficient (Wildman–Crippen LogP) is 3.74. The summed E-state index contributed by atoms with van der Waals surface area (Å²) in [5, 5.41) is 32.6. The molecule has 14 atom stereocenters. The molecule has 0 radical (unpaired) electrons. The van der Waals surface area contributed by atoms with Crippen LogP contribution in [0.4, 0.5) is 0 Å². The van der Waals surface area contributed by atoms with Gasteiger partial charge in [-0.05, 0) is 97.7 Å². The Balaban J connectivity index is 1.29. The van der Waals surface area contributed by atoms with E-state index in [4.69, 9.17) is 9.47 Å². The third kappa shape index (κ3) is 2.75. The van der Waals surface area contributed by atoms with Crippen molar-refractivity contribution in [2.75, 3.05) is 6.61 Å². The molecule has 5 nitrogen and oxygen atoms in total. The molecule has 2 saturated heterocycles. The van der Waals surface area contributed by atoms with Crippen LogP contribution in [0.3, 0.4) is 0 Å². The average Bonchev–Trinajstić information content (AvgIpc) is 3.18. The molecular weight excluding hydrogens is 404 g/mol. The average molecular weight is 449 g/mol. The van der Waals surface area contributed by atoms with Crippen LogP contribution < -0.4 is 0 Å². The van der Waals surface area contributed by atoms with Crippen LogP contribution in [0, 0.1) is 52.3 Å². The summed E-state index contributed by atoms with van der Waals surface area (Å²) in [6.45, 7) is 9.98. The van der Waals surface area contributed by atoms with Crippen LogP contribution in [0.5, 0.6) is 0 Å². The molecule has 2 aliphatic heterocycles. The summed E-state index contributed by atoms with van der Waals surface area (Å²) in [6, 6.07) is 0. The fourth-order valence-corrected chi connectivity index (χ4v) is 10.4. The molecule has 182 valence electrons. The molecule has 1 spiro atoms. The second kappa shape index (κ2) is 7.16. The van der Waals surface area contributed by atoms with Crippen LogP contribution in [0.1, 0.15) is 79.1 Å². The minimum atomic E-state index is -0.824. The van der Waals surface area contributed by atoms with Gasteiger partial charge in [-0.25, -0.2) is 0 Å². The van der Waals surface area contributed by atoms with Crippen LogP contribution >= 0.6 is 0 Å². The summed E-state index contributed by atoms with van der Waals surface area (Å²) in [7, 11) is 0. The molecule has 0 unspecified atom stereocenters. The molecule has 3 N–H and O–H groups in total. The Bertz CT molecular complexity index is 758. The van der Waals surface area contributed by atoms with Crippen LogP contribution in [0.25, 0.3) is 0 Å². The maximum Gasteiger partial charge on any atom is 0.197 e. The fraction of sp³-hybridized carbons (Fsp3) is 1.00. The van der Waals surface area contributed by atoms with Gasteiger partial charge in [0.2, 0.25) is 0 Å². The number of hydrogen-bond donors (Lipinski definition) is 3. The van der Waals surface area contributed by atoms with E-state index in [2.05, 4.69) is 27.7 Å². The Hall–Kier alpha value is -0.200. The SMILES string of the molecule is C[C@@H]1CO[C@@]2(O[C@H]3C[C@@H]4[C@@H]5C[C@H](O)[C@H]6C[C@@H](O)CC[C@]6(C)[C@H]5CC[C@]4(C)[C@H]3[C@@H]2C)[C@@H](O)C1. The first-order valence-corrected chi connectivity index (χ1v) is 13.5. The van der Waals surface area contributed by atoms with E-state index in [-0.39, 0.29) is 41.0 Å². The molecule has 6 aliphatic rings. The zero-order valence-corrected chi connectivity index (χ0v) is 20.4. The number of fused-ring (bicyclic) bond motifs is 7. The van der Waals surface area contributed by atoms with Gasteiger partial charge in [0.1, 0.15) is 6.10 Å². The fourth-order valence-electron chi connectivity index (χ4n) is 10.4. The number of hydrogen-bond acceptors (Lipinski definition) is 5. The van der Waals surface area contributed by atoms with Crippen molar-refractivity contribution in [2.24, 2.45) is 52.3 Å². The molecule has 0 bridgehead atoms. The van der Waals surface area contributed by atoms with Gasteiger partial charge in [0, 0.05) is 5.92 Å². The van der Waals surface area contributed by atoms with Crippen LogP contribution in [-0.2, 0) is 9.47 Å². The minimum absolute atomic E-state index is 0.146. The van der Waals surface area contributed by atoms with Crippen molar-refractivity contribution in [1.29, 1.82) is 0 Å². The largest absolute Gasteiger partial charge is 0.393 e. The van der Waals surface area contributed by atoms with Gasteiger partial charge in [0.15, 0.2) is 5.79 Å².